The molecule has 0 N–H and O–H groups in total. The van der Waals surface area contributed by atoms with E-state index in [2.05, 4.69) is 16.3 Å². The molecule has 0 amide bonds. The lowest BCUT2D eigenvalue weighted by molar-refractivity contribution is 0.281. The van der Waals surface area contributed by atoms with Gasteiger partial charge < -0.3 is 0 Å². The van der Waals surface area contributed by atoms with Gasteiger partial charge in [-0.25, -0.2) is 12.7 Å². The summed E-state index contributed by atoms with van der Waals surface area (Å²) in [6.45, 7) is 3.63. The summed E-state index contributed by atoms with van der Waals surface area (Å²) < 4.78 is 27.1. The van der Waals surface area contributed by atoms with Gasteiger partial charge in [0.15, 0.2) is 0 Å². The molecule has 1 fully saturated rings. The van der Waals surface area contributed by atoms with E-state index >= 15 is 0 Å². The molecule has 0 unspecified atom stereocenters. The maximum atomic E-state index is 12.8. The zero-order valence-corrected chi connectivity index (χ0v) is 16.8. The molecule has 0 atom stereocenters. The highest BCUT2D eigenvalue weighted by Gasteiger charge is 2.25. The molecule has 3 rings (SSSR count). The van der Waals surface area contributed by atoms with Crippen LogP contribution in [0.1, 0.15) is 16.9 Å². The van der Waals surface area contributed by atoms with Gasteiger partial charge in [0.1, 0.15) is 0 Å². The number of halogens is 2. The van der Waals surface area contributed by atoms with Crippen LogP contribution in [0, 0.1) is 0 Å². The Kier molecular flexibility index (Phi) is 6.41. The molecule has 2 aromatic rings. The van der Waals surface area contributed by atoms with Gasteiger partial charge in [-0.3, -0.25) is 4.90 Å². The van der Waals surface area contributed by atoms with Crippen LogP contribution in [-0.2, 0) is 22.3 Å². The fourth-order valence-corrected chi connectivity index (χ4v) is 5.56. The van der Waals surface area contributed by atoms with Gasteiger partial charge in [0, 0.05) is 31.1 Å². The van der Waals surface area contributed by atoms with Crippen molar-refractivity contribution in [2.24, 2.45) is 0 Å². The van der Waals surface area contributed by atoms with Gasteiger partial charge >= 0.3 is 0 Å². The van der Waals surface area contributed by atoms with Gasteiger partial charge in [-0.15, -0.1) is 11.3 Å². The van der Waals surface area contributed by atoms with Gasteiger partial charge in [0.25, 0.3) is 0 Å². The topological polar surface area (TPSA) is 40.6 Å². The van der Waals surface area contributed by atoms with E-state index < -0.39 is 10.0 Å². The molecule has 0 saturated carbocycles. The number of rotatable bonds is 5. The zero-order chi connectivity index (χ0) is 17.9. The maximum absolute atomic E-state index is 12.8. The summed E-state index contributed by atoms with van der Waals surface area (Å²) in [4.78, 5) is 3.63. The van der Waals surface area contributed by atoms with Crippen LogP contribution in [0.15, 0.2) is 35.7 Å². The summed E-state index contributed by atoms with van der Waals surface area (Å²) in [5, 5.41) is 2.88. The molecule has 8 heteroatoms. The Hall–Kier alpha value is -0.630. The molecular formula is C17H20Cl2N2O2S2. The van der Waals surface area contributed by atoms with E-state index in [4.69, 9.17) is 23.2 Å². The van der Waals surface area contributed by atoms with Crippen LogP contribution in [0.5, 0.6) is 0 Å². The largest absolute Gasteiger partial charge is 0.297 e. The Labute approximate surface area is 163 Å². The molecule has 136 valence electrons. The van der Waals surface area contributed by atoms with Crippen molar-refractivity contribution in [2.75, 3.05) is 26.2 Å². The second kappa shape index (κ2) is 8.37. The fourth-order valence-electron chi connectivity index (χ4n) is 2.94. The van der Waals surface area contributed by atoms with Crippen LogP contribution in [0.2, 0.25) is 10.0 Å². The lowest BCUT2D eigenvalue weighted by Crippen LogP contribution is -2.35. The number of nitrogens with zero attached hydrogens (tertiary/aromatic N) is 2. The Morgan fingerprint density at radius 3 is 2.60 bits per heavy atom. The summed E-state index contributed by atoms with van der Waals surface area (Å²) in [5.41, 5.74) is 0.661. The predicted molar refractivity (Wildman–Crippen MR) is 105 cm³/mol. The van der Waals surface area contributed by atoms with Crippen molar-refractivity contribution in [3.8, 4) is 0 Å². The molecule has 1 aliphatic rings. The van der Waals surface area contributed by atoms with E-state index in [0.29, 0.717) is 28.7 Å². The van der Waals surface area contributed by atoms with Crippen molar-refractivity contribution in [1.82, 2.24) is 9.21 Å². The number of thiophene rings is 1. The summed E-state index contributed by atoms with van der Waals surface area (Å²) in [5.74, 6) is -0.0468. The monoisotopic (exact) mass is 418 g/mol. The minimum absolute atomic E-state index is 0.0468. The molecule has 0 bridgehead atoms. The third kappa shape index (κ3) is 5.18. The number of hydrogen-bond donors (Lipinski definition) is 0. The van der Waals surface area contributed by atoms with E-state index in [1.54, 1.807) is 33.8 Å². The molecule has 1 aliphatic heterocycles. The summed E-state index contributed by atoms with van der Waals surface area (Å²) in [6, 6.07) is 9.15. The average Bonchev–Trinajstić information content (AvgIpc) is 2.94. The minimum Gasteiger partial charge on any atom is -0.297 e. The zero-order valence-electron chi connectivity index (χ0n) is 13.7. The second-order valence-electron chi connectivity index (χ2n) is 6.11. The van der Waals surface area contributed by atoms with E-state index in [0.717, 1.165) is 26.1 Å². The highest BCUT2D eigenvalue weighted by molar-refractivity contribution is 7.88. The predicted octanol–water partition coefficient (Wildman–Crippen LogP) is 4.09. The smallest absolute Gasteiger partial charge is 0.218 e. The lowest BCUT2D eigenvalue weighted by Gasteiger charge is -2.21. The van der Waals surface area contributed by atoms with Gasteiger partial charge in [-0.2, -0.15) is 0 Å². The summed E-state index contributed by atoms with van der Waals surface area (Å²) in [6.07, 6.45) is 0.839. The maximum Gasteiger partial charge on any atom is 0.218 e. The van der Waals surface area contributed by atoms with Crippen LogP contribution in [0.4, 0.5) is 0 Å². The molecular weight excluding hydrogens is 399 g/mol. The fraction of sp³-hybridized carbons (Fsp3) is 0.412. The molecule has 0 spiro atoms. The van der Waals surface area contributed by atoms with E-state index in [9.17, 15) is 8.42 Å². The molecule has 2 heterocycles. The number of sulfonamides is 1. The van der Waals surface area contributed by atoms with Crippen LogP contribution in [0.25, 0.3) is 0 Å². The first kappa shape index (κ1) is 19.1. The number of hydrogen-bond acceptors (Lipinski definition) is 4. The van der Waals surface area contributed by atoms with Gasteiger partial charge in [0.2, 0.25) is 10.0 Å². The Bertz CT molecular complexity index is 810. The second-order valence-corrected chi connectivity index (χ2v) is 9.93. The van der Waals surface area contributed by atoms with Crippen molar-refractivity contribution in [2.45, 2.75) is 18.7 Å². The molecule has 25 heavy (non-hydrogen) atoms. The quantitative estimate of drug-likeness (QED) is 0.733. The first-order valence-electron chi connectivity index (χ1n) is 8.10. The van der Waals surface area contributed by atoms with Crippen molar-refractivity contribution in [1.29, 1.82) is 0 Å². The van der Waals surface area contributed by atoms with Crippen LogP contribution >= 0.6 is 34.5 Å². The molecule has 1 aromatic heterocycles. The van der Waals surface area contributed by atoms with Crippen LogP contribution in [0.3, 0.4) is 0 Å². The molecule has 0 aliphatic carbocycles. The Morgan fingerprint density at radius 1 is 1.04 bits per heavy atom. The van der Waals surface area contributed by atoms with Crippen LogP contribution < -0.4 is 0 Å². The van der Waals surface area contributed by atoms with Gasteiger partial charge in [-0.05, 0) is 42.1 Å². The average molecular weight is 419 g/mol. The van der Waals surface area contributed by atoms with Crippen molar-refractivity contribution in [3.63, 3.8) is 0 Å². The molecule has 1 aromatic carbocycles. The highest BCUT2D eigenvalue weighted by Crippen LogP contribution is 2.24. The van der Waals surface area contributed by atoms with E-state index in [1.807, 2.05) is 6.07 Å². The Morgan fingerprint density at radius 2 is 1.88 bits per heavy atom. The minimum atomic E-state index is -3.37. The molecule has 0 radical (unpaired) electrons. The Balaban J connectivity index is 1.63. The van der Waals surface area contributed by atoms with Crippen LogP contribution in [-0.4, -0.2) is 43.8 Å². The van der Waals surface area contributed by atoms with E-state index in [1.165, 1.54) is 4.88 Å². The first-order valence-corrected chi connectivity index (χ1v) is 11.3. The van der Waals surface area contributed by atoms with Gasteiger partial charge in [0.05, 0.1) is 15.8 Å². The van der Waals surface area contributed by atoms with Gasteiger partial charge in [-0.1, -0.05) is 35.3 Å². The van der Waals surface area contributed by atoms with E-state index in [-0.39, 0.29) is 5.75 Å². The first-order chi connectivity index (χ1) is 11.9. The molecule has 4 nitrogen and oxygen atoms in total. The lowest BCUT2D eigenvalue weighted by atomic mass is 10.2. The normalized spacial score (nSPS) is 17.5. The third-order valence-electron chi connectivity index (χ3n) is 4.23. The summed E-state index contributed by atoms with van der Waals surface area (Å²) in [7, 11) is -3.37. The van der Waals surface area contributed by atoms with Crippen molar-refractivity contribution < 1.29 is 8.42 Å². The van der Waals surface area contributed by atoms with Crippen molar-refractivity contribution >= 4 is 44.6 Å². The van der Waals surface area contributed by atoms with Crippen molar-refractivity contribution in [3.05, 3.63) is 56.2 Å². The third-order valence-corrected chi connectivity index (χ3v) is 7.68. The summed E-state index contributed by atoms with van der Waals surface area (Å²) >= 11 is 13.6. The highest BCUT2D eigenvalue weighted by atomic mass is 35.5. The standard InChI is InChI=1S/C17H20Cl2N2O2S2/c18-16-5-4-14(11-17(16)19)13-25(22,23)21-7-2-6-20(8-9-21)12-15-3-1-10-24-15/h1,3-5,10-11H,2,6-9,12-13H2. The molecule has 1 saturated heterocycles. The SMILES string of the molecule is O=S(=O)(Cc1ccc(Cl)c(Cl)c1)N1CCCN(Cc2cccs2)CC1. The number of benzene rings is 1.